The van der Waals surface area contributed by atoms with Crippen LogP contribution in [0.4, 0.5) is 8.78 Å². The summed E-state index contributed by atoms with van der Waals surface area (Å²) < 4.78 is 27.8. The van der Waals surface area contributed by atoms with Gasteiger partial charge in [-0.25, -0.2) is 8.78 Å². The van der Waals surface area contributed by atoms with Gasteiger partial charge in [0.15, 0.2) is 0 Å². The van der Waals surface area contributed by atoms with Gasteiger partial charge in [-0.3, -0.25) is 0 Å². The van der Waals surface area contributed by atoms with Crippen LogP contribution < -0.4 is 0 Å². The number of fused-ring (bicyclic) bond motifs is 1. The van der Waals surface area contributed by atoms with E-state index in [1.54, 1.807) is 0 Å². The fraction of sp³-hybridized carbons (Fsp3) is 0.250. The maximum Gasteiger partial charge on any atom is 0.140 e. The third kappa shape index (κ3) is 2.58. The maximum absolute atomic E-state index is 13.9. The van der Waals surface area contributed by atoms with Crippen molar-refractivity contribution >= 4 is 11.8 Å². The summed E-state index contributed by atoms with van der Waals surface area (Å²) in [4.78, 5) is 0.834. The lowest BCUT2D eigenvalue weighted by Crippen LogP contribution is -1.93. The number of hydrogen-bond donors (Lipinski definition) is 1. The molecule has 0 spiro atoms. The summed E-state index contributed by atoms with van der Waals surface area (Å²) in [5.74, 6) is -1.25. The molecule has 0 amide bonds. The van der Waals surface area contributed by atoms with Crippen LogP contribution in [0, 0.1) is 11.6 Å². The molecule has 0 radical (unpaired) electrons. The van der Waals surface area contributed by atoms with Crippen molar-refractivity contribution in [2.75, 3.05) is 0 Å². The first-order chi connectivity index (χ1) is 9.67. The van der Waals surface area contributed by atoms with E-state index in [0.29, 0.717) is 0 Å². The maximum atomic E-state index is 13.9. The number of halogens is 2. The van der Waals surface area contributed by atoms with Crippen LogP contribution >= 0.6 is 11.8 Å². The molecule has 0 unspecified atom stereocenters. The van der Waals surface area contributed by atoms with Gasteiger partial charge in [0.25, 0.3) is 0 Å². The van der Waals surface area contributed by atoms with Gasteiger partial charge in [-0.1, -0.05) is 17.8 Å². The Morgan fingerprint density at radius 2 is 1.70 bits per heavy atom. The molecule has 0 saturated heterocycles. The van der Waals surface area contributed by atoms with E-state index in [2.05, 4.69) is 0 Å². The second-order valence-electron chi connectivity index (χ2n) is 4.93. The SMILES string of the molecule is OCc1cc(F)c(Sc2ccc3c(c2)CCC3)c(F)c1. The van der Waals surface area contributed by atoms with Gasteiger partial charge in [0.05, 0.1) is 11.5 Å². The molecule has 3 rings (SSSR count). The zero-order valence-electron chi connectivity index (χ0n) is 10.8. The van der Waals surface area contributed by atoms with Crippen molar-refractivity contribution in [1.29, 1.82) is 0 Å². The molecule has 1 aliphatic carbocycles. The van der Waals surface area contributed by atoms with Crippen molar-refractivity contribution in [1.82, 2.24) is 0 Å². The summed E-state index contributed by atoms with van der Waals surface area (Å²) in [7, 11) is 0. The van der Waals surface area contributed by atoms with E-state index in [0.717, 1.165) is 35.9 Å². The zero-order chi connectivity index (χ0) is 14.1. The van der Waals surface area contributed by atoms with Crippen LogP contribution in [0.25, 0.3) is 0 Å². The summed E-state index contributed by atoms with van der Waals surface area (Å²) >= 11 is 1.09. The number of hydrogen-bond acceptors (Lipinski definition) is 2. The molecule has 1 N–H and O–H groups in total. The van der Waals surface area contributed by atoms with E-state index in [1.165, 1.54) is 23.3 Å². The van der Waals surface area contributed by atoms with Gasteiger partial charge in [-0.05, 0) is 60.2 Å². The largest absolute Gasteiger partial charge is 0.392 e. The third-order valence-electron chi connectivity index (χ3n) is 3.53. The molecule has 4 heteroatoms. The lowest BCUT2D eigenvalue weighted by atomic mass is 10.1. The predicted octanol–water partition coefficient (Wildman–Crippen LogP) is 4.10. The predicted molar refractivity (Wildman–Crippen MR) is 74.9 cm³/mol. The molecule has 0 heterocycles. The van der Waals surface area contributed by atoms with E-state index >= 15 is 0 Å². The van der Waals surface area contributed by atoms with Gasteiger partial charge < -0.3 is 5.11 Å². The van der Waals surface area contributed by atoms with Crippen molar-refractivity contribution < 1.29 is 13.9 Å². The van der Waals surface area contributed by atoms with E-state index in [4.69, 9.17) is 5.11 Å². The second-order valence-corrected chi connectivity index (χ2v) is 6.02. The van der Waals surface area contributed by atoms with Crippen molar-refractivity contribution in [3.05, 3.63) is 58.7 Å². The van der Waals surface area contributed by atoms with Gasteiger partial charge in [0, 0.05) is 4.90 Å². The number of benzene rings is 2. The Labute approximate surface area is 120 Å². The molecule has 0 bridgehead atoms. The molecule has 0 aromatic heterocycles. The molecule has 1 aliphatic rings. The zero-order valence-corrected chi connectivity index (χ0v) is 11.6. The topological polar surface area (TPSA) is 20.2 Å². The lowest BCUT2D eigenvalue weighted by Gasteiger charge is -2.08. The highest BCUT2D eigenvalue weighted by Gasteiger charge is 2.15. The van der Waals surface area contributed by atoms with Gasteiger partial charge >= 0.3 is 0 Å². The standard InChI is InChI=1S/C16H14F2OS/c17-14-6-10(9-19)7-15(18)16(14)20-13-5-4-11-2-1-3-12(11)8-13/h4-8,19H,1-3,9H2. The highest BCUT2D eigenvalue weighted by Crippen LogP contribution is 2.35. The number of rotatable bonds is 3. The molecular formula is C16H14F2OS. The Bertz CT molecular complexity index is 632. The Hall–Kier alpha value is -1.39. The highest BCUT2D eigenvalue weighted by molar-refractivity contribution is 7.99. The number of aliphatic hydroxyl groups is 1. The van der Waals surface area contributed by atoms with Crippen LogP contribution in [0.1, 0.15) is 23.1 Å². The Balaban J connectivity index is 1.91. The minimum Gasteiger partial charge on any atom is -0.392 e. The van der Waals surface area contributed by atoms with Gasteiger partial charge in [-0.2, -0.15) is 0 Å². The normalized spacial score (nSPS) is 13.6. The van der Waals surface area contributed by atoms with E-state index in [9.17, 15) is 8.78 Å². The van der Waals surface area contributed by atoms with Crippen LogP contribution in [-0.4, -0.2) is 5.11 Å². The Morgan fingerprint density at radius 1 is 1.00 bits per heavy atom. The molecule has 0 aliphatic heterocycles. The molecular weight excluding hydrogens is 278 g/mol. The van der Waals surface area contributed by atoms with Gasteiger partial charge in [-0.15, -0.1) is 0 Å². The first-order valence-electron chi connectivity index (χ1n) is 6.56. The minimum absolute atomic E-state index is 0.0138. The molecule has 104 valence electrons. The molecule has 2 aromatic rings. The van der Waals surface area contributed by atoms with Crippen LogP contribution in [0.5, 0.6) is 0 Å². The minimum atomic E-state index is -0.625. The fourth-order valence-electron chi connectivity index (χ4n) is 2.53. The molecule has 0 atom stereocenters. The summed E-state index contributed by atoms with van der Waals surface area (Å²) in [6, 6.07) is 8.33. The van der Waals surface area contributed by atoms with Crippen molar-refractivity contribution in [3.63, 3.8) is 0 Å². The van der Waals surface area contributed by atoms with E-state index in [1.807, 2.05) is 18.2 Å². The first-order valence-corrected chi connectivity index (χ1v) is 7.37. The summed E-state index contributed by atoms with van der Waals surface area (Å²) in [5.41, 5.74) is 2.87. The summed E-state index contributed by atoms with van der Waals surface area (Å²) in [6.07, 6.45) is 3.28. The Morgan fingerprint density at radius 3 is 2.40 bits per heavy atom. The summed E-state index contributed by atoms with van der Waals surface area (Å²) in [5, 5.41) is 8.93. The monoisotopic (exact) mass is 292 g/mol. The molecule has 20 heavy (non-hydrogen) atoms. The molecule has 1 nitrogen and oxygen atoms in total. The van der Waals surface area contributed by atoms with Crippen LogP contribution in [0.15, 0.2) is 40.1 Å². The highest BCUT2D eigenvalue weighted by atomic mass is 32.2. The van der Waals surface area contributed by atoms with Crippen molar-refractivity contribution in [3.8, 4) is 0 Å². The first kappa shape index (κ1) is 13.6. The fourth-order valence-corrected chi connectivity index (χ4v) is 3.42. The average molecular weight is 292 g/mol. The van der Waals surface area contributed by atoms with Gasteiger partial charge in [0.2, 0.25) is 0 Å². The van der Waals surface area contributed by atoms with Gasteiger partial charge in [0.1, 0.15) is 11.6 Å². The van der Waals surface area contributed by atoms with Crippen molar-refractivity contribution in [2.45, 2.75) is 35.7 Å². The average Bonchev–Trinajstić information content (AvgIpc) is 2.90. The quantitative estimate of drug-likeness (QED) is 0.919. The van der Waals surface area contributed by atoms with Crippen molar-refractivity contribution in [2.24, 2.45) is 0 Å². The molecule has 2 aromatic carbocycles. The van der Waals surface area contributed by atoms with Crippen LogP contribution in [0.2, 0.25) is 0 Å². The van der Waals surface area contributed by atoms with E-state index < -0.39 is 11.6 Å². The second kappa shape index (κ2) is 5.54. The molecule has 0 fully saturated rings. The summed E-state index contributed by atoms with van der Waals surface area (Å²) in [6.45, 7) is -0.363. The number of aliphatic hydroxyl groups excluding tert-OH is 1. The van der Waals surface area contributed by atoms with Crippen LogP contribution in [0.3, 0.4) is 0 Å². The smallest absolute Gasteiger partial charge is 0.140 e. The Kier molecular flexibility index (Phi) is 3.76. The number of aryl methyl sites for hydroxylation is 2. The van der Waals surface area contributed by atoms with E-state index in [-0.39, 0.29) is 17.1 Å². The van der Waals surface area contributed by atoms with Crippen LogP contribution in [-0.2, 0) is 19.4 Å². The molecule has 0 saturated carbocycles. The lowest BCUT2D eigenvalue weighted by molar-refractivity contribution is 0.280. The third-order valence-corrected chi connectivity index (χ3v) is 4.61.